The molecule has 1 fully saturated rings. The highest BCUT2D eigenvalue weighted by molar-refractivity contribution is 9.10. The van der Waals surface area contributed by atoms with Gasteiger partial charge >= 0.3 is 0 Å². The molecule has 0 radical (unpaired) electrons. The van der Waals surface area contributed by atoms with Crippen LogP contribution in [0.4, 0.5) is 5.82 Å². The van der Waals surface area contributed by atoms with Gasteiger partial charge in [-0.2, -0.15) is 0 Å². The smallest absolute Gasteiger partial charge is 0.146 e. The van der Waals surface area contributed by atoms with Gasteiger partial charge in [0.1, 0.15) is 12.1 Å². The maximum absolute atomic E-state index is 4.35. The summed E-state index contributed by atoms with van der Waals surface area (Å²) in [7, 11) is 0. The summed E-state index contributed by atoms with van der Waals surface area (Å²) < 4.78 is 0.984. The third-order valence-corrected chi connectivity index (χ3v) is 3.68. The molecular weight excluding hydrogens is 322 g/mol. The average molecular weight is 335 g/mol. The van der Waals surface area contributed by atoms with E-state index in [0.717, 1.165) is 22.2 Å². The van der Waals surface area contributed by atoms with Crippen LogP contribution in [-0.2, 0) is 0 Å². The van der Waals surface area contributed by atoms with Crippen LogP contribution in [0.3, 0.4) is 0 Å². The molecule has 0 spiro atoms. The van der Waals surface area contributed by atoms with Gasteiger partial charge in [-0.3, -0.25) is 0 Å². The Labute approximate surface area is 107 Å². The zero-order valence-corrected chi connectivity index (χ0v) is 11.5. The first kappa shape index (κ1) is 11.3. The van der Waals surface area contributed by atoms with Crippen LogP contribution in [-0.4, -0.2) is 27.9 Å². The summed E-state index contributed by atoms with van der Waals surface area (Å²) >= 11 is 7.00. The van der Waals surface area contributed by atoms with Gasteiger partial charge in [0.25, 0.3) is 0 Å². The molecule has 0 amide bonds. The Morgan fingerprint density at radius 3 is 2.80 bits per heavy atom. The van der Waals surface area contributed by atoms with Gasteiger partial charge in [0.05, 0.1) is 4.47 Å². The van der Waals surface area contributed by atoms with Crippen LogP contribution in [0.2, 0.25) is 0 Å². The lowest BCUT2D eigenvalue weighted by atomic mass is 9.91. The van der Waals surface area contributed by atoms with E-state index in [1.807, 2.05) is 6.20 Å². The Morgan fingerprint density at radius 2 is 2.27 bits per heavy atom. The summed E-state index contributed by atoms with van der Waals surface area (Å²) in [6.07, 6.45) is 7.32. The Balaban J connectivity index is 2.19. The number of hydrogen-bond donors (Lipinski definition) is 0. The third-order valence-electron chi connectivity index (χ3n) is 2.76. The van der Waals surface area contributed by atoms with Crippen molar-refractivity contribution in [2.45, 2.75) is 25.3 Å². The van der Waals surface area contributed by atoms with Crippen molar-refractivity contribution in [2.75, 3.05) is 16.8 Å². The van der Waals surface area contributed by atoms with Crippen LogP contribution in [0.25, 0.3) is 0 Å². The van der Waals surface area contributed by atoms with Gasteiger partial charge in [-0.15, -0.1) is 0 Å². The normalized spacial score (nSPS) is 16.1. The fourth-order valence-electron chi connectivity index (χ4n) is 1.77. The average Bonchev–Trinajstić information content (AvgIpc) is 2.15. The Morgan fingerprint density at radius 1 is 1.47 bits per heavy atom. The predicted molar refractivity (Wildman–Crippen MR) is 68.5 cm³/mol. The van der Waals surface area contributed by atoms with Crippen LogP contribution in [0.1, 0.15) is 19.3 Å². The second-order valence-electron chi connectivity index (χ2n) is 3.66. The molecule has 2 rings (SSSR count). The lowest BCUT2D eigenvalue weighted by Crippen LogP contribution is -2.42. The van der Waals surface area contributed by atoms with E-state index in [0.29, 0.717) is 6.04 Å². The minimum absolute atomic E-state index is 0.661. The SMILES string of the molecule is BrCCN(c1ncncc1Br)C1CCC1. The standard InChI is InChI=1S/C10H13Br2N3/c11-4-5-15(8-2-1-3-8)10-9(12)6-13-7-14-10/h6-8H,1-5H2. The van der Waals surface area contributed by atoms with Crippen molar-refractivity contribution in [1.82, 2.24) is 9.97 Å². The molecule has 15 heavy (non-hydrogen) atoms. The molecule has 0 unspecified atom stereocenters. The molecule has 1 aliphatic rings. The van der Waals surface area contributed by atoms with Gasteiger partial charge in [-0.1, -0.05) is 15.9 Å². The van der Waals surface area contributed by atoms with Crippen LogP contribution in [0, 0.1) is 0 Å². The van der Waals surface area contributed by atoms with E-state index in [-0.39, 0.29) is 0 Å². The van der Waals surface area contributed by atoms with Gasteiger partial charge in [-0.05, 0) is 35.2 Å². The Hall–Kier alpha value is -0.160. The first-order valence-corrected chi connectivity index (χ1v) is 7.02. The van der Waals surface area contributed by atoms with Gasteiger partial charge in [0.2, 0.25) is 0 Å². The molecular formula is C10H13Br2N3. The monoisotopic (exact) mass is 333 g/mol. The van der Waals surface area contributed by atoms with E-state index < -0.39 is 0 Å². The molecule has 1 heterocycles. The van der Waals surface area contributed by atoms with Gasteiger partial charge in [-0.25, -0.2) is 9.97 Å². The number of halogens is 2. The van der Waals surface area contributed by atoms with E-state index in [9.17, 15) is 0 Å². The summed E-state index contributed by atoms with van der Waals surface area (Å²) in [5, 5.41) is 0.972. The minimum Gasteiger partial charge on any atom is -0.352 e. The van der Waals surface area contributed by atoms with E-state index in [4.69, 9.17) is 0 Å². The number of hydrogen-bond acceptors (Lipinski definition) is 3. The van der Waals surface area contributed by atoms with E-state index in [1.54, 1.807) is 6.33 Å². The number of nitrogens with zero attached hydrogens (tertiary/aromatic N) is 3. The molecule has 82 valence electrons. The van der Waals surface area contributed by atoms with Gasteiger partial charge in [0.15, 0.2) is 0 Å². The Kier molecular flexibility index (Phi) is 3.97. The molecule has 0 saturated heterocycles. The zero-order valence-electron chi connectivity index (χ0n) is 8.37. The highest BCUT2D eigenvalue weighted by Crippen LogP contribution is 2.31. The highest BCUT2D eigenvalue weighted by atomic mass is 79.9. The summed E-state index contributed by atoms with van der Waals surface area (Å²) in [6.45, 7) is 1.00. The number of aromatic nitrogens is 2. The van der Waals surface area contributed by atoms with Crippen molar-refractivity contribution in [3.8, 4) is 0 Å². The van der Waals surface area contributed by atoms with Crippen molar-refractivity contribution in [2.24, 2.45) is 0 Å². The molecule has 0 atom stereocenters. The molecule has 0 bridgehead atoms. The topological polar surface area (TPSA) is 29.0 Å². The zero-order chi connectivity index (χ0) is 10.7. The van der Waals surface area contributed by atoms with E-state index in [1.165, 1.54) is 19.3 Å². The summed E-state index contributed by atoms with van der Waals surface area (Å²) in [5.74, 6) is 1.02. The molecule has 3 nitrogen and oxygen atoms in total. The fourth-order valence-corrected chi connectivity index (χ4v) is 2.60. The Bertz CT molecular complexity index is 328. The second kappa shape index (κ2) is 5.25. The van der Waals surface area contributed by atoms with Crippen molar-refractivity contribution >= 4 is 37.7 Å². The van der Waals surface area contributed by atoms with Crippen molar-refractivity contribution in [3.63, 3.8) is 0 Å². The van der Waals surface area contributed by atoms with Crippen molar-refractivity contribution in [1.29, 1.82) is 0 Å². The second-order valence-corrected chi connectivity index (χ2v) is 5.31. The fraction of sp³-hybridized carbons (Fsp3) is 0.600. The number of anilines is 1. The van der Waals surface area contributed by atoms with Crippen LogP contribution in [0.15, 0.2) is 17.0 Å². The lowest BCUT2D eigenvalue weighted by molar-refractivity contribution is 0.388. The van der Waals surface area contributed by atoms with Gasteiger partial charge < -0.3 is 4.90 Å². The maximum atomic E-state index is 4.35. The van der Waals surface area contributed by atoms with Crippen LogP contribution in [0.5, 0.6) is 0 Å². The molecule has 0 aromatic carbocycles. The molecule has 1 aromatic heterocycles. The third kappa shape index (κ3) is 2.50. The highest BCUT2D eigenvalue weighted by Gasteiger charge is 2.26. The first-order chi connectivity index (χ1) is 7.33. The molecule has 1 saturated carbocycles. The largest absolute Gasteiger partial charge is 0.352 e. The molecule has 1 aromatic rings. The van der Waals surface area contributed by atoms with Crippen LogP contribution >= 0.6 is 31.9 Å². The quantitative estimate of drug-likeness (QED) is 0.793. The van der Waals surface area contributed by atoms with Crippen molar-refractivity contribution in [3.05, 3.63) is 17.0 Å². The van der Waals surface area contributed by atoms with E-state index in [2.05, 4.69) is 46.7 Å². The van der Waals surface area contributed by atoms with Gasteiger partial charge in [0, 0.05) is 24.1 Å². The molecule has 0 aliphatic heterocycles. The van der Waals surface area contributed by atoms with E-state index >= 15 is 0 Å². The summed E-state index contributed by atoms with van der Waals surface area (Å²) in [6, 6.07) is 0.661. The number of rotatable bonds is 4. The summed E-state index contributed by atoms with van der Waals surface area (Å²) in [5.41, 5.74) is 0. The minimum atomic E-state index is 0.661. The lowest BCUT2D eigenvalue weighted by Gasteiger charge is -2.38. The maximum Gasteiger partial charge on any atom is 0.146 e. The first-order valence-electron chi connectivity index (χ1n) is 5.11. The molecule has 0 N–H and O–H groups in total. The van der Waals surface area contributed by atoms with Crippen molar-refractivity contribution < 1.29 is 0 Å². The molecule has 5 heteroatoms. The number of alkyl halides is 1. The van der Waals surface area contributed by atoms with Crippen LogP contribution < -0.4 is 4.90 Å². The molecule has 1 aliphatic carbocycles. The summed E-state index contributed by atoms with van der Waals surface area (Å²) in [4.78, 5) is 10.7. The predicted octanol–water partition coefficient (Wildman–Crippen LogP) is 2.99.